The van der Waals surface area contributed by atoms with E-state index < -0.39 is 5.82 Å². The number of ether oxygens (including phenoxy) is 1. The van der Waals surface area contributed by atoms with Gasteiger partial charge in [0.2, 0.25) is 0 Å². The minimum Gasteiger partial charge on any atom is -0.484 e. The quantitative estimate of drug-likeness (QED) is 0.755. The molecule has 1 aromatic carbocycles. The van der Waals surface area contributed by atoms with E-state index in [1.807, 2.05) is 0 Å². The van der Waals surface area contributed by atoms with Gasteiger partial charge in [0.1, 0.15) is 11.6 Å². The van der Waals surface area contributed by atoms with Gasteiger partial charge in [0.15, 0.2) is 6.61 Å². The lowest BCUT2D eigenvalue weighted by Gasteiger charge is -2.10. The zero-order chi connectivity index (χ0) is 13.5. The highest BCUT2D eigenvalue weighted by Gasteiger charge is 2.09. The Hall–Kier alpha value is -1.88. The second kappa shape index (κ2) is 6.76. The molecule has 18 heavy (non-hydrogen) atoms. The van der Waals surface area contributed by atoms with Crippen LogP contribution in [-0.2, 0) is 4.79 Å². The highest BCUT2D eigenvalue weighted by molar-refractivity contribution is 5.77. The van der Waals surface area contributed by atoms with Gasteiger partial charge in [-0.1, -0.05) is 12.1 Å². The van der Waals surface area contributed by atoms with Crippen molar-refractivity contribution in [2.45, 2.75) is 13.0 Å². The Labute approximate surface area is 106 Å². The fourth-order valence-corrected chi connectivity index (χ4v) is 1.35. The SMILES string of the molecule is C=CCNC(=O)COc1ccc([C@H](C)N)c(F)c1. The van der Waals surface area contributed by atoms with Gasteiger partial charge in [-0.15, -0.1) is 6.58 Å². The molecule has 1 atom stereocenters. The first-order valence-electron chi connectivity index (χ1n) is 5.60. The summed E-state index contributed by atoms with van der Waals surface area (Å²) in [4.78, 5) is 11.2. The Kier molecular flexibility index (Phi) is 5.32. The molecule has 3 N–H and O–H groups in total. The van der Waals surface area contributed by atoms with Crippen molar-refractivity contribution in [2.24, 2.45) is 5.73 Å². The minimum atomic E-state index is -0.436. The van der Waals surface area contributed by atoms with Gasteiger partial charge in [-0.2, -0.15) is 0 Å². The van der Waals surface area contributed by atoms with Crippen LogP contribution in [0.3, 0.4) is 0 Å². The van der Waals surface area contributed by atoms with E-state index in [0.29, 0.717) is 17.9 Å². The van der Waals surface area contributed by atoms with E-state index in [-0.39, 0.29) is 18.6 Å². The van der Waals surface area contributed by atoms with Crippen LogP contribution in [0.5, 0.6) is 5.75 Å². The van der Waals surface area contributed by atoms with Crippen molar-refractivity contribution in [1.29, 1.82) is 0 Å². The Morgan fingerprint density at radius 2 is 2.39 bits per heavy atom. The van der Waals surface area contributed by atoms with Crippen LogP contribution in [0.1, 0.15) is 18.5 Å². The van der Waals surface area contributed by atoms with E-state index >= 15 is 0 Å². The summed E-state index contributed by atoms with van der Waals surface area (Å²) in [5.41, 5.74) is 6.00. The number of benzene rings is 1. The average molecular weight is 252 g/mol. The largest absolute Gasteiger partial charge is 0.484 e. The van der Waals surface area contributed by atoms with Crippen molar-refractivity contribution < 1.29 is 13.9 Å². The van der Waals surface area contributed by atoms with Crippen molar-refractivity contribution in [2.75, 3.05) is 13.2 Å². The monoisotopic (exact) mass is 252 g/mol. The maximum Gasteiger partial charge on any atom is 0.258 e. The van der Waals surface area contributed by atoms with Crippen LogP contribution in [0.25, 0.3) is 0 Å². The summed E-state index contributed by atoms with van der Waals surface area (Å²) in [5, 5.41) is 2.55. The zero-order valence-corrected chi connectivity index (χ0v) is 10.3. The van der Waals surface area contributed by atoms with Gasteiger partial charge in [0.05, 0.1) is 0 Å². The molecule has 0 aromatic heterocycles. The molecule has 0 bridgehead atoms. The Bertz CT molecular complexity index is 433. The normalized spacial score (nSPS) is 11.7. The predicted molar refractivity (Wildman–Crippen MR) is 67.7 cm³/mol. The number of hydrogen-bond donors (Lipinski definition) is 2. The van der Waals surface area contributed by atoms with Gasteiger partial charge in [0, 0.05) is 24.2 Å². The van der Waals surface area contributed by atoms with Crippen molar-refractivity contribution in [1.82, 2.24) is 5.32 Å². The molecule has 98 valence electrons. The topological polar surface area (TPSA) is 64.3 Å². The first-order chi connectivity index (χ1) is 8.54. The maximum atomic E-state index is 13.6. The maximum absolute atomic E-state index is 13.6. The van der Waals surface area contributed by atoms with Gasteiger partial charge in [-0.05, 0) is 13.0 Å². The summed E-state index contributed by atoms with van der Waals surface area (Å²) in [7, 11) is 0. The highest BCUT2D eigenvalue weighted by atomic mass is 19.1. The Balaban J connectivity index is 2.56. The molecular weight excluding hydrogens is 235 g/mol. The molecule has 0 aliphatic heterocycles. The summed E-state index contributed by atoms with van der Waals surface area (Å²) in [6, 6.07) is 3.98. The number of amides is 1. The molecule has 1 aromatic rings. The number of carbonyl (C=O) groups is 1. The van der Waals surface area contributed by atoms with Gasteiger partial charge in [-0.25, -0.2) is 4.39 Å². The van der Waals surface area contributed by atoms with E-state index in [1.165, 1.54) is 6.07 Å². The number of rotatable bonds is 6. The van der Waals surface area contributed by atoms with E-state index in [1.54, 1.807) is 25.1 Å². The lowest BCUT2D eigenvalue weighted by Crippen LogP contribution is -2.28. The van der Waals surface area contributed by atoms with Crippen LogP contribution in [0.15, 0.2) is 30.9 Å². The molecule has 1 rings (SSSR count). The molecule has 0 aliphatic carbocycles. The van der Waals surface area contributed by atoms with Crippen LogP contribution in [-0.4, -0.2) is 19.1 Å². The molecule has 0 saturated heterocycles. The molecule has 0 radical (unpaired) electrons. The van der Waals surface area contributed by atoms with E-state index in [9.17, 15) is 9.18 Å². The third-order valence-corrected chi connectivity index (χ3v) is 2.28. The van der Waals surface area contributed by atoms with Gasteiger partial charge < -0.3 is 15.8 Å². The molecule has 0 spiro atoms. The molecule has 0 unspecified atom stereocenters. The van der Waals surface area contributed by atoms with E-state index in [0.717, 1.165) is 0 Å². The van der Waals surface area contributed by atoms with E-state index in [4.69, 9.17) is 10.5 Å². The number of carbonyl (C=O) groups excluding carboxylic acids is 1. The summed E-state index contributed by atoms with van der Waals surface area (Å²) < 4.78 is 18.7. The third kappa shape index (κ3) is 4.18. The molecule has 5 heteroatoms. The van der Waals surface area contributed by atoms with Crippen LogP contribution in [0.4, 0.5) is 4.39 Å². The number of halogens is 1. The molecule has 0 saturated carbocycles. The second-order valence-corrected chi connectivity index (χ2v) is 3.85. The van der Waals surface area contributed by atoms with Crippen LogP contribution < -0.4 is 15.8 Å². The molecule has 0 heterocycles. The lowest BCUT2D eigenvalue weighted by atomic mass is 10.1. The van der Waals surface area contributed by atoms with Crippen molar-refractivity contribution in [3.63, 3.8) is 0 Å². The molecular formula is C13H17FN2O2. The fourth-order valence-electron chi connectivity index (χ4n) is 1.35. The first-order valence-corrected chi connectivity index (χ1v) is 5.60. The molecule has 0 fully saturated rings. The number of hydrogen-bond acceptors (Lipinski definition) is 3. The van der Waals surface area contributed by atoms with Crippen LogP contribution in [0, 0.1) is 5.82 Å². The predicted octanol–water partition coefficient (Wildman–Crippen LogP) is 1.53. The van der Waals surface area contributed by atoms with Crippen molar-refractivity contribution in [3.05, 3.63) is 42.2 Å². The zero-order valence-electron chi connectivity index (χ0n) is 10.3. The van der Waals surface area contributed by atoms with Crippen molar-refractivity contribution in [3.8, 4) is 5.75 Å². The molecule has 4 nitrogen and oxygen atoms in total. The summed E-state index contributed by atoms with van der Waals surface area (Å²) in [5.74, 6) is -0.425. The standard InChI is InChI=1S/C13H17FN2O2/c1-3-6-16-13(17)8-18-10-4-5-11(9(2)15)12(14)7-10/h3-5,7,9H,1,6,8,15H2,2H3,(H,16,17)/t9-/m0/s1. The summed E-state index contributed by atoms with van der Waals surface area (Å²) >= 11 is 0. The smallest absolute Gasteiger partial charge is 0.258 e. The van der Waals surface area contributed by atoms with Crippen molar-refractivity contribution >= 4 is 5.91 Å². The summed E-state index contributed by atoms with van der Waals surface area (Å²) in [6.07, 6.45) is 1.56. The minimum absolute atomic E-state index is 0.162. The fraction of sp³-hybridized carbons (Fsp3) is 0.308. The van der Waals surface area contributed by atoms with Crippen LogP contribution in [0.2, 0.25) is 0 Å². The van der Waals surface area contributed by atoms with Gasteiger partial charge >= 0.3 is 0 Å². The lowest BCUT2D eigenvalue weighted by molar-refractivity contribution is -0.122. The first kappa shape index (κ1) is 14.2. The highest BCUT2D eigenvalue weighted by Crippen LogP contribution is 2.20. The number of nitrogens with one attached hydrogen (secondary N) is 1. The van der Waals surface area contributed by atoms with Gasteiger partial charge in [0.25, 0.3) is 5.91 Å². The molecule has 1 amide bonds. The third-order valence-electron chi connectivity index (χ3n) is 2.28. The summed E-state index contributed by atoms with van der Waals surface area (Å²) in [6.45, 7) is 5.38. The Morgan fingerprint density at radius 3 is 2.94 bits per heavy atom. The average Bonchev–Trinajstić information content (AvgIpc) is 2.33. The van der Waals surface area contributed by atoms with Crippen LogP contribution >= 0.6 is 0 Å². The number of nitrogens with two attached hydrogens (primary N) is 1. The van der Waals surface area contributed by atoms with Gasteiger partial charge in [-0.3, -0.25) is 4.79 Å². The second-order valence-electron chi connectivity index (χ2n) is 3.85. The Morgan fingerprint density at radius 1 is 1.67 bits per heavy atom. The van der Waals surface area contributed by atoms with E-state index in [2.05, 4.69) is 11.9 Å². The molecule has 0 aliphatic rings.